The second kappa shape index (κ2) is 5.33. The smallest absolute Gasteiger partial charge is 0.354 e. The molecular weight excluding hydrogens is 252 g/mol. The first-order valence-corrected chi connectivity index (χ1v) is 6.78. The maximum atomic E-state index is 11.0. The van der Waals surface area contributed by atoms with Gasteiger partial charge in [-0.2, -0.15) is 0 Å². The predicted octanol–water partition coefficient (Wildman–Crippen LogP) is 3.27. The molecule has 4 heteroatoms. The number of aromatic nitrogens is 1. The van der Waals surface area contributed by atoms with Gasteiger partial charge >= 0.3 is 5.97 Å². The van der Waals surface area contributed by atoms with E-state index in [1.165, 1.54) is 17.3 Å². The van der Waals surface area contributed by atoms with E-state index in [2.05, 4.69) is 28.5 Å². The Morgan fingerprint density at radius 2 is 2.15 bits per heavy atom. The van der Waals surface area contributed by atoms with Gasteiger partial charge in [-0.25, -0.2) is 9.78 Å². The number of aryl methyl sites for hydroxylation is 1. The van der Waals surface area contributed by atoms with Gasteiger partial charge in [-0.3, -0.25) is 0 Å². The van der Waals surface area contributed by atoms with Crippen LogP contribution in [0.2, 0.25) is 0 Å². The molecule has 102 valence electrons. The fraction of sp³-hybridized carbons (Fsp3) is 0.250. The summed E-state index contributed by atoms with van der Waals surface area (Å²) in [7, 11) is 0. The molecule has 1 atom stereocenters. The molecule has 2 N–H and O–H groups in total. The van der Waals surface area contributed by atoms with Crippen LogP contribution in [0.5, 0.6) is 0 Å². The molecule has 3 rings (SSSR count). The number of nitrogens with zero attached hydrogens (tertiary/aromatic N) is 1. The van der Waals surface area contributed by atoms with E-state index in [0.29, 0.717) is 0 Å². The Kier molecular flexibility index (Phi) is 3.37. The van der Waals surface area contributed by atoms with Gasteiger partial charge in [-0.1, -0.05) is 24.3 Å². The number of benzene rings is 1. The number of pyridine rings is 1. The first-order valence-electron chi connectivity index (χ1n) is 6.78. The third kappa shape index (κ3) is 2.50. The number of hydrogen-bond donors (Lipinski definition) is 2. The molecule has 0 saturated carbocycles. The third-order valence-corrected chi connectivity index (χ3v) is 3.69. The molecule has 1 aliphatic carbocycles. The van der Waals surface area contributed by atoms with E-state index in [0.717, 1.165) is 24.9 Å². The summed E-state index contributed by atoms with van der Waals surface area (Å²) < 4.78 is 0. The van der Waals surface area contributed by atoms with Crippen molar-refractivity contribution < 1.29 is 9.90 Å². The molecule has 0 bridgehead atoms. The molecule has 1 heterocycles. The van der Waals surface area contributed by atoms with E-state index >= 15 is 0 Å². The molecule has 4 nitrogen and oxygen atoms in total. The molecule has 1 aromatic carbocycles. The van der Waals surface area contributed by atoms with E-state index < -0.39 is 5.97 Å². The summed E-state index contributed by atoms with van der Waals surface area (Å²) in [5.41, 5.74) is 3.56. The summed E-state index contributed by atoms with van der Waals surface area (Å²) in [5.74, 6) is -1.00. The number of nitrogens with one attached hydrogen (secondary N) is 1. The third-order valence-electron chi connectivity index (χ3n) is 3.69. The molecule has 0 fully saturated rings. The van der Waals surface area contributed by atoms with Crippen molar-refractivity contribution in [2.45, 2.75) is 25.3 Å². The van der Waals surface area contributed by atoms with Crippen LogP contribution in [0, 0.1) is 0 Å². The van der Waals surface area contributed by atoms with Gasteiger partial charge in [-0.05, 0) is 42.5 Å². The fourth-order valence-electron chi connectivity index (χ4n) is 2.74. The molecule has 2 aromatic rings. The standard InChI is InChI=1S/C16H16N2O2/c19-16(20)15-10-12(8-9-17-15)18-14-7-3-5-11-4-1-2-6-13(11)14/h1-2,4,6,8-10,14H,3,5,7H2,(H,17,18)(H,19,20). The van der Waals surface area contributed by atoms with Crippen LogP contribution < -0.4 is 5.32 Å². The number of carboxylic acids is 1. The summed E-state index contributed by atoms with van der Waals surface area (Å²) in [6.45, 7) is 0. The summed E-state index contributed by atoms with van der Waals surface area (Å²) >= 11 is 0. The highest BCUT2D eigenvalue weighted by molar-refractivity contribution is 5.86. The monoisotopic (exact) mass is 268 g/mol. The van der Waals surface area contributed by atoms with E-state index in [1.54, 1.807) is 6.07 Å². The number of carbonyl (C=O) groups is 1. The second-order valence-corrected chi connectivity index (χ2v) is 5.02. The average Bonchev–Trinajstić information content (AvgIpc) is 2.48. The van der Waals surface area contributed by atoms with Crippen LogP contribution in [0.25, 0.3) is 0 Å². The van der Waals surface area contributed by atoms with E-state index in [4.69, 9.17) is 5.11 Å². The number of carboxylic acid groups (broad SMARTS) is 1. The molecule has 1 aromatic heterocycles. The second-order valence-electron chi connectivity index (χ2n) is 5.02. The van der Waals surface area contributed by atoms with Crippen LogP contribution in [0.3, 0.4) is 0 Å². The van der Waals surface area contributed by atoms with Gasteiger partial charge in [0.05, 0.1) is 6.04 Å². The largest absolute Gasteiger partial charge is 0.477 e. The molecule has 0 radical (unpaired) electrons. The first kappa shape index (κ1) is 12.7. The Morgan fingerprint density at radius 3 is 3.00 bits per heavy atom. The number of anilines is 1. The quantitative estimate of drug-likeness (QED) is 0.896. The van der Waals surface area contributed by atoms with E-state index in [9.17, 15) is 4.79 Å². The molecule has 1 aliphatic rings. The van der Waals surface area contributed by atoms with Crippen molar-refractivity contribution in [2.75, 3.05) is 5.32 Å². The lowest BCUT2D eigenvalue weighted by Gasteiger charge is -2.27. The van der Waals surface area contributed by atoms with Crippen molar-refractivity contribution in [2.24, 2.45) is 0 Å². The van der Waals surface area contributed by atoms with Crippen molar-refractivity contribution >= 4 is 11.7 Å². The average molecular weight is 268 g/mol. The van der Waals surface area contributed by atoms with Gasteiger partial charge in [0.15, 0.2) is 0 Å². The topological polar surface area (TPSA) is 62.2 Å². The summed E-state index contributed by atoms with van der Waals surface area (Å²) in [6, 6.07) is 12.1. The molecule has 0 aliphatic heterocycles. The molecule has 20 heavy (non-hydrogen) atoms. The Bertz CT molecular complexity index is 640. The molecule has 0 amide bonds. The summed E-state index contributed by atoms with van der Waals surface area (Å²) in [4.78, 5) is 14.8. The van der Waals surface area contributed by atoms with Crippen LogP contribution >= 0.6 is 0 Å². The maximum absolute atomic E-state index is 11.0. The number of aromatic carboxylic acids is 1. The fourth-order valence-corrected chi connectivity index (χ4v) is 2.74. The highest BCUT2D eigenvalue weighted by Crippen LogP contribution is 2.32. The Hall–Kier alpha value is -2.36. The molecule has 0 spiro atoms. The van der Waals surface area contributed by atoms with Gasteiger partial charge in [0.1, 0.15) is 5.69 Å². The van der Waals surface area contributed by atoms with Crippen molar-refractivity contribution in [3.63, 3.8) is 0 Å². The van der Waals surface area contributed by atoms with Gasteiger partial charge in [-0.15, -0.1) is 0 Å². The molecule has 1 unspecified atom stereocenters. The minimum atomic E-state index is -1.00. The lowest BCUT2D eigenvalue weighted by atomic mass is 9.87. The van der Waals surface area contributed by atoms with Crippen molar-refractivity contribution in [3.05, 3.63) is 59.4 Å². The van der Waals surface area contributed by atoms with Gasteiger partial charge < -0.3 is 10.4 Å². The minimum absolute atomic E-state index is 0.0686. The Morgan fingerprint density at radius 1 is 1.30 bits per heavy atom. The highest BCUT2D eigenvalue weighted by Gasteiger charge is 2.19. The van der Waals surface area contributed by atoms with Gasteiger partial charge in [0.25, 0.3) is 0 Å². The lowest BCUT2D eigenvalue weighted by molar-refractivity contribution is 0.0690. The summed E-state index contributed by atoms with van der Waals surface area (Å²) in [5, 5.41) is 12.4. The predicted molar refractivity (Wildman–Crippen MR) is 76.9 cm³/mol. The van der Waals surface area contributed by atoms with Gasteiger partial charge in [0, 0.05) is 11.9 Å². The van der Waals surface area contributed by atoms with E-state index in [-0.39, 0.29) is 11.7 Å². The van der Waals surface area contributed by atoms with Crippen LogP contribution in [0.1, 0.15) is 40.5 Å². The van der Waals surface area contributed by atoms with Crippen LogP contribution in [-0.2, 0) is 6.42 Å². The molecular formula is C16H16N2O2. The number of rotatable bonds is 3. The van der Waals surface area contributed by atoms with Crippen molar-refractivity contribution in [1.82, 2.24) is 4.98 Å². The van der Waals surface area contributed by atoms with E-state index in [1.807, 2.05) is 12.1 Å². The zero-order valence-corrected chi connectivity index (χ0v) is 11.0. The molecule has 0 saturated heterocycles. The SMILES string of the molecule is O=C(O)c1cc(NC2CCCc3ccccc32)ccn1. The summed E-state index contributed by atoms with van der Waals surface area (Å²) in [6.07, 6.45) is 4.85. The maximum Gasteiger partial charge on any atom is 0.354 e. The van der Waals surface area contributed by atoms with Gasteiger partial charge in [0.2, 0.25) is 0 Å². The minimum Gasteiger partial charge on any atom is -0.477 e. The highest BCUT2D eigenvalue weighted by atomic mass is 16.4. The Labute approximate surface area is 117 Å². The van der Waals surface area contributed by atoms with Crippen molar-refractivity contribution in [1.29, 1.82) is 0 Å². The van der Waals surface area contributed by atoms with Crippen molar-refractivity contribution in [3.8, 4) is 0 Å². The lowest BCUT2D eigenvalue weighted by Crippen LogP contribution is -2.17. The van der Waals surface area contributed by atoms with Crippen LogP contribution in [0.4, 0.5) is 5.69 Å². The zero-order chi connectivity index (χ0) is 13.9. The normalized spacial score (nSPS) is 17.3. The Balaban J connectivity index is 1.85. The number of fused-ring (bicyclic) bond motifs is 1. The van der Waals surface area contributed by atoms with Crippen LogP contribution in [0.15, 0.2) is 42.6 Å². The zero-order valence-electron chi connectivity index (χ0n) is 11.0. The first-order chi connectivity index (χ1) is 9.74. The number of hydrogen-bond acceptors (Lipinski definition) is 3. The van der Waals surface area contributed by atoms with Crippen LogP contribution in [-0.4, -0.2) is 16.1 Å².